The second-order valence-corrected chi connectivity index (χ2v) is 5.67. The molecule has 5 nitrogen and oxygen atoms in total. The summed E-state index contributed by atoms with van der Waals surface area (Å²) in [5, 5.41) is 2.96. The van der Waals surface area contributed by atoms with Crippen LogP contribution in [0, 0.1) is 5.92 Å². The van der Waals surface area contributed by atoms with Gasteiger partial charge in [0.25, 0.3) is 0 Å². The van der Waals surface area contributed by atoms with E-state index in [4.69, 9.17) is 4.74 Å². The minimum atomic E-state index is 0.00212. The van der Waals surface area contributed by atoms with E-state index in [0.29, 0.717) is 18.9 Å². The van der Waals surface area contributed by atoms with Crippen LogP contribution in [0.3, 0.4) is 0 Å². The molecule has 1 heterocycles. The van der Waals surface area contributed by atoms with Gasteiger partial charge < -0.3 is 15.0 Å². The highest BCUT2D eigenvalue weighted by Gasteiger charge is 2.24. The molecule has 0 spiro atoms. The Labute approximate surface area is 124 Å². The van der Waals surface area contributed by atoms with Crippen molar-refractivity contribution in [3.63, 3.8) is 0 Å². The van der Waals surface area contributed by atoms with E-state index >= 15 is 0 Å². The fourth-order valence-electron chi connectivity index (χ4n) is 3.06. The first-order valence-electron chi connectivity index (χ1n) is 7.51. The van der Waals surface area contributed by atoms with Crippen LogP contribution in [0.5, 0.6) is 5.75 Å². The molecular weight excluding hydrogens is 268 g/mol. The summed E-state index contributed by atoms with van der Waals surface area (Å²) in [6, 6.07) is 5.47. The number of hydrogen-bond acceptors (Lipinski definition) is 3. The summed E-state index contributed by atoms with van der Waals surface area (Å²) in [6.45, 7) is 2.59. The summed E-state index contributed by atoms with van der Waals surface area (Å²) in [7, 11) is 0. The maximum Gasteiger partial charge on any atom is 0.227 e. The molecule has 1 aliphatic heterocycles. The lowest BCUT2D eigenvalue weighted by molar-refractivity contribution is -0.119. The third-order valence-corrected chi connectivity index (χ3v) is 4.20. The largest absolute Gasteiger partial charge is 0.489 e. The number of carbonyl (C=O) groups is 2. The Hall–Kier alpha value is -2.04. The highest BCUT2D eigenvalue weighted by molar-refractivity contribution is 5.96. The van der Waals surface area contributed by atoms with Gasteiger partial charge in [0.05, 0.1) is 12.2 Å². The number of rotatable bonds is 2. The predicted molar refractivity (Wildman–Crippen MR) is 80.6 cm³/mol. The maximum absolute atomic E-state index is 12.1. The molecule has 0 unspecified atom stereocenters. The summed E-state index contributed by atoms with van der Waals surface area (Å²) in [5.74, 6) is 0.880. The number of amides is 2. The zero-order chi connectivity index (χ0) is 14.8. The van der Waals surface area contributed by atoms with Crippen LogP contribution in [0.15, 0.2) is 18.2 Å². The molecule has 0 atom stereocenters. The standard InChI is InChI=1S/C16H20N2O3/c1-11(19)18-8-9-21-15-10-13(6-7-14(15)18)17-16(20)12-4-2-3-5-12/h6-7,10,12H,2-5,8-9H2,1H3,(H,17,20). The Bertz CT molecular complexity index is 565. The van der Waals surface area contributed by atoms with E-state index in [1.54, 1.807) is 17.9 Å². The summed E-state index contributed by atoms with van der Waals surface area (Å²) < 4.78 is 5.61. The number of carbonyl (C=O) groups excluding carboxylic acids is 2. The molecule has 2 aliphatic rings. The number of fused-ring (bicyclic) bond motifs is 1. The molecule has 21 heavy (non-hydrogen) atoms. The first kappa shape index (κ1) is 13.9. The van der Waals surface area contributed by atoms with Crippen molar-refractivity contribution in [2.75, 3.05) is 23.4 Å². The number of anilines is 2. The zero-order valence-corrected chi connectivity index (χ0v) is 12.2. The zero-order valence-electron chi connectivity index (χ0n) is 12.2. The number of nitrogens with one attached hydrogen (secondary N) is 1. The molecule has 0 bridgehead atoms. The highest BCUT2D eigenvalue weighted by Crippen LogP contribution is 2.34. The Kier molecular flexibility index (Phi) is 3.82. The number of ether oxygens (including phenoxy) is 1. The third-order valence-electron chi connectivity index (χ3n) is 4.20. The molecule has 0 saturated heterocycles. The monoisotopic (exact) mass is 288 g/mol. The van der Waals surface area contributed by atoms with Crippen LogP contribution in [-0.4, -0.2) is 25.0 Å². The summed E-state index contributed by atoms with van der Waals surface area (Å²) >= 11 is 0. The van der Waals surface area contributed by atoms with Crippen LogP contribution >= 0.6 is 0 Å². The molecule has 5 heteroatoms. The molecule has 2 amide bonds. The Balaban J connectivity index is 1.76. The molecule has 3 rings (SSSR count). The lowest BCUT2D eigenvalue weighted by atomic mass is 10.1. The number of nitrogens with zero attached hydrogens (tertiary/aromatic N) is 1. The summed E-state index contributed by atoms with van der Waals surface area (Å²) in [4.78, 5) is 25.4. The minimum Gasteiger partial charge on any atom is -0.489 e. The topological polar surface area (TPSA) is 58.6 Å². The van der Waals surface area contributed by atoms with Gasteiger partial charge in [0.1, 0.15) is 12.4 Å². The lowest BCUT2D eigenvalue weighted by Gasteiger charge is -2.29. The first-order valence-corrected chi connectivity index (χ1v) is 7.51. The normalized spacial score (nSPS) is 18.0. The van der Waals surface area contributed by atoms with Gasteiger partial charge in [-0.1, -0.05) is 12.8 Å². The average molecular weight is 288 g/mol. The lowest BCUT2D eigenvalue weighted by Crippen LogP contribution is -2.36. The second-order valence-electron chi connectivity index (χ2n) is 5.67. The van der Waals surface area contributed by atoms with Gasteiger partial charge in [0, 0.05) is 24.6 Å². The molecule has 1 aromatic carbocycles. The SMILES string of the molecule is CC(=O)N1CCOc2cc(NC(=O)C3CCCC3)ccc21. The van der Waals surface area contributed by atoms with Crippen molar-refractivity contribution in [2.45, 2.75) is 32.6 Å². The van der Waals surface area contributed by atoms with Gasteiger partial charge >= 0.3 is 0 Å². The van der Waals surface area contributed by atoms with Crippen molar-refractivity contribution < 1.29 is 14.3 Å². The second kappa shape index (κ2) is 5.76. The van der Waals surface area contributed by atoms with E-state index in [2.05, 4.69) is 5.32 Å². The van der Waals surface area contributed by atoms with Gasteiger partial charge in [-0.3, -0.25) is 9.59 Å². The first-order chi connectivity index (χ1) is 10.1. The van der Waals surface area contributed by atoms with Crippen molar-refractivity contribution in [3.8, 4) is 5.75 Å². The fourth-order valence-corrected chi connectivity index (χ4v) is 3.06. The quantitative estimate of drug-likeness (QED) is 0.910. The summed E-state index contributed by atoms with van der Waals surface area (Å²) in [5.41, 5.74) is 1.50. The molecule has 1 saturated carbocycles. The third kappa shape index (κ3) is 2.86. The number of benzene rings is 1. The van der Waals surface area contributed by atoms with Crippen LogP contribution in [0.25, 0.3) is 0 Å². The molecule has 1 aromatic rings. The van der Waals surface area contributed by atoms with Gasteiger partial charge in [-0.15, -0.1) is 0 Å². The molecule has 112 valence electrons. The van der Waals surface area contributed by atoms with E-state index in [-0.39, 0.29) is 17.7 Å². The molecule has 1 aliphatic carbocycles. The fraction of sp³-hybridized carbons (Fsp3) is 0.500. The smallest absolute Gasteiger partial charge is 0.227 e. The van der Waals surface area contributed by atoms with E-state index in [9.17, 15) is 9.59 Å². The Morgan fingerprint density at radius 2 is 2.05 bits per heavy atom. The van der Waals surface area contributed by atoms with Gasteiger partial charge in [0.15, 0.2) is 0 Å². The molecule has 0 aromatic heterocycles. The van der Waals surface area contributed by atoms with Crippen molar-refractivity contribution in [1.82, 2.24) is 0 Å². The van der Waals surface area contributed by atoms with E-state index < -0.39 is 0 Å². The van der Waals surface area contributed by atoms with Gasteiger partial charge in [0.2, 0.25) is 11.8 Å². The van der Waals surface area contributed by atoms with Crippen LogP contribution in [0.1, 0.15) is 32.6 Å². The van der Waals surface area contributed by atoms with Crippen LogP contribution in [0.2, 0.25) is 0 Å². The predicted octanol–water partition coefficient (Wildman–Crippen LogP) is 2.56. The Morgan fingerprint density at radius 3 is 2.76 bits per heavy atom. The van der Waals surface area contributed by atoms with Crippen LogP contribution < -0.4 is 15.0 Å². The van der Waals surface area contributed by atoms with Gasteiger partial charge in [-0.2, -0.15) is 0 Å². The van der Waals surface area contributed by atoms with Crippen molar-refractivity contribution >= 4 is 23.2 Å². The highest BCUT2D eigenvalue weighted by atomic mass is 16.5. The number of hydrogen-bond donors (Lipinski definition) is 1. The van der Waals surface area contributed by atoms with Crippen molar-refractivity contribution in [3.05, 3.63) is 18.2 Å². The molecule has 1 N–H and O–H groups in total. The van der Waals surface area contributed by atoms with Gasteiger partial charge in [-0.25, -0.2) is 0 Å². The van der Waals surface area contributed by atoms with Crippen molar-refractivity contribution in [2.24, 2.45) is 5.92 Å². The molecule has 0 radical (unpaired) electrons. The van der Waals surface area contributed by atoms with Crippen LogP contribution in [-0.2, 0) is 9.59 Å². The van der Waals surface area contributed by atoms with Crippen molar-refractivity contribution in [1.29, 1.82) is 0 Å². The average Bonchev–Trinajstić information content (AvgIpc) is 3.00. The minimum absolute atomic E-state index is 0.00212. The van der Waals surface area contributed by atoms with E-state index in [1.165, 1.54) is 0 Å². The van der Waals surface area contributed by atoms with E-state index in [1.807, 2.05) is 12.1 Å². The summed E-state index contributed by atoms with van der Waals surface area (Å²) in [6.07, 6.45) is 4.23. The van der Waals surface area contributed by atoms with E-state index in [0.717, 1.165) is 37.1 Å². The van der Waals surface area contributed by atoms with Crippen LogP contribution in [0.4, 0.5) is 11.4 Å². The Morgan fingerprint density at radius 1 is 1.29 bits per heavy atom. The maximum atomic E-state index is 12.1. The molecule has 1 fully saturated rings. The molecular formula is C16H20N2O3. The van der Waals surface area contributed by atoms with Gasteiger partial charge in [-0.05, 0) is 25.0 Å².